The fourth-order valence-corrected chi connectivity index (χ4v) is 2.05. The Morgan fingerprint density at radius 1 is 1.47 bits per heavy atom. The molecule has 0 unspecified atom stereocenters. The van der Waals surface area contributed by atoms with E-state index >= 15 is 0 Å². The number of benzene rings is 1. The number of halogens is 2. The Balaban J connectivity index is 2.56. The van der Waals surface area contributed by atoms with Gasteiger partial charge < -0.3 is 15.0 Å². The van der Waals surface area contributed by atoms with E-state index in [9.17, 15) is 4.39 Å². The van der Waals surface area contributed by atoms with Crippen molar-refractivity contribution in [2.75, 3.05) is 12.8 Å². The Morgan fingerprint density at radius 3 is 2.82 bits per heavy atom. The number of nitrogen functional groups attached to an aromatic ring is 1. The number of ether oxygens (including phenoxy) is 1. The van der Waals surface area contributed by atoms with Crippen LogP contribution in [0.5, 0.6) is 0 Å². The molecule has 6 heteroatoms. The number of methoxy groups -OCH3 is 1. The quantitative estimate of drug-likeness (QED) is 0.946. The summed E-state index contributed by atoms with van der Waals surface area (Å²) in [7, 11) is 1.57. The minimum Gasteiger partial charge on any atom is -0.380 e. The lowest BCUT2D eigenvalue weighted by Gasteiger charge is -2.07. The van der Waals surface area contributed by atoms with E-state index in [-0.39, 0.29) is 5.88 Å². The molecule has 1 aromatic heterocycles. The number of nitrogens with two attached hydrogens (primary N) is 1. The van der Waals surface area contributed by atoms with E-state index < -0.39 is 5.82 Å². The number of aromatic nitrogens is 1. The van der Waals surface area contributed by atoms with E-state index in [0.29, 0.717) is 22.2 Å². The highest BCUT2D eigenvalue weighted by molar-refractivity contribution is 9.10. The summed E-state index contributed by atoms with van der Waals surface area (Å²) in [5.41, 5.74) is 7.17. The highest BCUT2D eigenvalue weighted by atomic mass is 79.9. The number of nitrogens with zero attached hydrogens (tertiary/aromatic N) is 1. The van der Waals surface area contributed by atoms with Crippen molar-refractivity contribution in [3.63, 3.8) is 0 Å². The zero-order chi connectivity index (χ0) is 12.4. The summed E-state index contributed by atoms with van der Waals surface area (Å²) in [6.45, 7) is 0.386. The van der Waals surface area contributed by atoms with Crippen LogP contribution in [0.1, 0.15) is 5.56 Å². The minimum absolute atomic E-state index is 0.0883. The molecule has 0 aliphatic heterocycles. The standard InChI is InChI=1S/C11H10BrFN2O2/c1-16-5-6-2-7(10(13)9(12)3-6)8-4-15-17-11(8)14/h2-4H,5,14H2,1H3. The summed E-state index contributed by atoms with van der Waals surface area (Å²) < 4.78 is 24.0. The monoisotopic (exact) mass is 300 g/mol. The first-order valence-corrected chi connectivity index (χ1v) is 5.60. The SMILES string of the molecule is COCc1cc(Br)c(F)c(-c2cnoc2N)c1. The molecular weight excluding hydrogens is 291 g/mol. The Hall–Kier alpha value is -1.40. The molecule has 0 aliphatic rings. The Kier molecular flexibility index (Phi) is 3.44. The van der Waals surface area contributed by atoms with E-state index in [4.69, 9.17) is 15.0 Å². The van der Waals surface area contributed by atoms with Crippen LogP contribution in [-0.2, 0) is 11.3 Å². The normalized spacial score (nSPS) is 10.8. The van der Waals surface area contributed by atoms with Crippen molar-refractivity contribution in [2.24, 2.45) is 0 Å². The van der Waals surface area contributed by atoms with E-state index in [0.717, 1.165) is 5.56 Å². The summed E-state index contributed by atoms with van der Waals surface area (Å²) in [4.78, 5) is 0. The average molecular weight is 301 g/mol. The van der Waals surface area contributed by atoms with Crippen LogP contribution in [0.4, 0.5) is 10.3 Å². The maximum absolute atomic E-state index is 14.0. The van der Waals surface area contributed by atoms with Crippen LogP contribution in [0.3, 0.4) is 0 Å². The minimum atomic E-state index is -0.403. The molecule has 1 aromatic carbocycles. The van der Waals surface area contributed by atoms with Gasteiger partial charge in [0.05, 0.1) is 22.8 Å². The van der Waals surface area contributed by atoms with E-state index in [1.807, 2.05) is 0 Å². The van der Waals surface area contributed by atoms with Gasteiger partial charge in [0.1, 0.15) is 5.82 Å². The maximum atomic E-state index is 14.0. The highest BCUT2D eigenvalue weighted by Crippen LogP contribution is 2.32. The third kappa shape index (κ3) is 2.32. The van der Waals surface area contributed by atoms with Crippen LogP contribution in [0.15, 0.2) is 27.3 Å². The molecule has 90 valence electrons. The molecule has 17 heavy (non-hydrogen) atoms. The first-order valence-electron chi connectivity index (χ1n) is 4.81. The van der Waals surface area contributed by atoms with Crippen LogP contribution in [-0.4, -0.2) is 12.3 Å². The average Bonchev–Trinajstić information content (AvgIpc) is 2.70. The van der Waals surface area contributed by atoms with Gasteiger partial charge in [0.25, 0.3) is 0 Å². The second-order valence-corrected chi connectivity index (χ2v) is 4.33. The van der Waals surface area contributed by atoms with Crippen molar-refractivity contribution < 1.29 is 13.7 Å². The molecule has 0 saturated heterocycles. The van der Waals surface area contributed by atoms with Crippen LogP contribution in [0, 0.1) is 5.82 Å². The molecule has 2 aromatic rings. The van der Waals surface area contributed by atoms with Gasteiger partial charge >= 0.3 is 0 Å². The summed E-state index contributed by atoms with van der Waals surface area (Å²) in [5.74, 6) is -0.315. The lowest BCUT2D eigenvalue weighted by Crippen LogP contribution is -1.94. The Labute approximate surface area is 106 Å². The topological polar surface area (TPSA) is 61.3 Å². The second-order valence-electron chi connectivity index (χ2n) is 3.48. The van der Waals surface area contributed by atoms with E-state index in [2.05, 4.69) is 21.1 Å². The van der Waals surface area contributed by atoms with Gasteiger partial charge in [-0.25, -0.2) is 4.39 Å². The van der Waals surface area contributed by atoms with Crippen molar-refractivity contribution in [3.8, 4) is 11.1 Å². The predicted octanol–water partition coefficient (Wildman–Crippen LogP) is 2.97. The van der Waals surface area contributed by atoms with Crippen molar-refractivity contribution in [3.05, 3.63) is 34.2 Å². The fraction of sp³-hybridized carbons (Fsp3) is 0.182. The molecule has 1 heterocycles. The van der Waals surface area contributed by atoms with Gasteiger partial charge in [0.15, 0.2) is 0 Å². The zero-order valence-corrected chi connectivity index (χ0v) is 10.6. The molecule has 0 atom stereocenters. The molecule has 0 amide bonds. The van der Waals surface area contributed by atoms with Gasteiger partial charge in [-0.1, -0.05) is 5.16 Å². The van der Waals surface area contributed by atoms with Crippen molar-refractivity contribution in [1.82, 2.24) is 5.16 Å². The first kappa shape index (κ1) is 12.1. The van der Waals surface area contributed by atoms with Gasteiger partial charge in [0, 0.05) is 12.7 Å². The summed E-state index contributed by atoms with van der Waals surface area (Å²) >= 11 is 3.15. The molecule has 0 saturated carbocycles. The Bertz CT molecular complexity index is 542. The maximum Gasteiger partial charge on any atom is 0.230 e. The lowest BCUT2D eigenvalue weighted by atomic mass is 10.1. The molecule has 0 aliphatic carbocycles. The molecule has 0 fully saturated rings. The zero-order valence-electron chi connectivity index (χ0n) is 9.04. The highest BCUT2D eigenvalue weighted by Gasteiger charge is 2.15. The van der Waals surface area contributed by atoms with Gasteiger partial charge in [-0.2, -0.15) is 0 Å². The smallest absolute Gasteiger partial charge is 0.230 e. The van der Waals surface area contributed by atoms with Gasteiger partial charge in [0.2, 0.25) is 5.88 Å². The van der Waals surface area contributed by atoms with Crippen LogP contribution < -0.4 is 5.73 Å². The molecular formula is C11H10BrFN2O2. The molecule has 0 spiro atoms. The van der Waals surface area contributed by atoms with Crippen molar-refractivity contribution >= 4 is 21.8 Å². The Morgan fingerprint density at radius 2 is 2.24 bits per heavy atom. The lowest BCUT2D eigenvalue weighted by molar-refractivity contribution is 0.185. The largest absolute Gasteiger partial charge is 0.380 e. The van der Waals surface area contributed by atoms with Gasteiger partial charge in [-0.15, -0.1) is 0 Å². The number of anilines is 1. The van der Waals surface area contributed by atoms with Gasteiger partial charge in [-0.3, -0.25) is 0 Å². The second kappa shape index (κ2) is 4.85. The number of hydrogen-bond donors (Lipinski definition) is 1. The van der Waals surface area contributed by atoms with Gasteiger partial charge in [-0.05, 0) is 33.6 Å². The molecule has 0 radical (unpaired) electrons. The summed E-state index contributed by atoms with van der Waals surface area (Å²) in [6, 6.07) is 3.32. The van der Waals surface area contributed by atoms with Crippen molar-refractivity contribution in [2.45, 2.75) is 6.61 Å². The third-order valence-corrected chi connectivity index (χ3v) is 2.86. The predicted molar refractivity (Wildman–Crippen MR) is 64.7 cm³/mol. The summed E-state index contributed by atoms with van der Waals surface area (Å²) in [6.07, 6.45) is 1.39. The first-order chi connectivity index (χ1) is 8.13. The number of rotatable bonds is 3. The molecule has 2 N–H and O–H groups in total. The van der Waals surface area contributed by atoms with Crippen LogP contribution in [0.25, 0.3) is 11.1 Å². The van der Waals surface area contributed by atoms with Crippen LogP contribution in [0.2, 0.25) is 0 Å². The van der Waals surface area contributed by atoms with Crippen molar-refractivity contribution in [1.29, 1.82) is 0 Å². The van der Waals surface area contributed by atoms with Crippen LogP contribution >= 0.6 is 15.9 Å². The number of hydrogen-bond acceptors (Lipinski definition) is 4. The van der Waals surface area contributed by atoms with E-state index in [1.165, 1.54) is 6.20 Å². The molecule has 4 nitrogen and oxygen atoms in total. The fourth-order valence-electron chi connectivity index (χ4n) is 1.54. The van der Waals surface area contributed by atoms with E-state index in [1.54, 1.807) is 19.2 Å². The molecule has 0 bridgehead atoms. The molecule has 2 rings (SSSR count). The third-order valence-electron chi connectivity index (χ3n) is 2.29. The summed E-state index contributed by atoms with van der Waals surface area (Å²) in [5, 5.41) is 3.53.